The number of aromatic amines is 1. The van der Waals surface area contributed by atoms with Crippen LogP contribution in [0.5, 0.6) is 0 Å². The van der Waals surface area contributed by atoms with Crippen molar-refractivity contribution in [2.24, 2.45) is 7.05 Å². The third kappa shape index (κ3) is 2.87. The fourth-order valence-corrected chi connectivity index (χ4v) is 3.55. The molecule has 0 spiro atoms. The van der Waals surface area contributed by atoms with Crippen LogP contribution in [0.4, 0.5) is 15.9 Å². The van der Waals surface area contributed by atoms with E-state index < -0.39 is 11.4 Å². The largest absolute Gasteiger partial charge is 0.380 e. The van der Waals surface area contributed by atoms with Crippen molar-refractivity contribution >= 4 is 22.4 Å². The maximum absolute atomic E-state index is 15.2. The maximum atomic E-state index is 15.2. The monoisotopic (exact) mass is 407 g/mol. The van der Waals surface area contributed by atoms with E-state index in [0.29, 0.717) is 28.2 Å². The molecule has 1 fully saturated rings. The van der Waals surface area contributed by atoms with Crippen LogP contribution in [-0.4, -0.2) is 38.1 Å². The molecule has 4 aromatic rings. The lowest BCUT2D eigenvalue weighted by molar-refractivity contribution is -0.184. The molecule has 3 aromatic heterocycles. The van der Waals surface area contributed by atoms with Crippen molar-refractivity contribution in [3.8, 4) is 11.3 Å². The number of nitrogens with one attached hydrogen (secondary N) is 2. The zero-order valence-corrected chi connectivity index (χ0v) is 16.0. The van der Waals surface area contributed by atoms with Gasteiger partial charge >= 0.3 is 0 Å². The molecule has 9 heteroatoms. The molecule has 0 saturated carbocycles. The summed E-state index contributed by atoms with van der Waals surface area (Å²) in [4.78, 5) is 17.0. The van der Waals surface area contributed by atoms with E-state index in [9.17, 15) is 9.90 Å². The molecule has 1 saturated heterocycles. The fraction of sp³-hybridized carbons (Fsp3) is 0.190. The van der Waals surface area contributed by atoms with Gasteiger partial charge in [0.1, 0.15) is 22.9 Å². The smallest absolute Gasteiger partial charge is 0.274 e. The Balaban J connectivity index is 1.55. The van der Waals surface area contributed by atoms with Crippen molar-refractivity contribution in [1.82, 2.24) is 19.7 Å². The quantitative estimate of drug-likeness (QED) is 0.480. The minimum Gasteiger partial charge on any atom is -0.380 e. The highest BCUT2D eigenvalue weighted by Crippen LogP contribution is 2.30. The second-order valence-electron chi connectivity index (χ2n) is 7.32. The number of rotatable bonds is 4. The zero-order valence-electron chi connectivity index (χ0n) is 16.0. The Morgan fingerprint density at radius 3 is 2.73 bits per heavy atom. The highest BCUT2D eigenvalue weighted by atomic mass is 19.1. The molecular weight excluding hydrogens is 389 g/mol. The van der Waals surface area contributed by atoms with E-state index in [2.05, 4.69) is 20.5 Å². The number of hydrogen-bond acceptors (Lipinski definition) is 6. The van der Waals surface area contributed by atoms with Gasteiger partial charge in [-0.1, -0.05) is 6.07 Å². The van der Waals surface area contributed by atoms with E-state index in [0.717, 1.165) is 0 Å². The average Bonchev–Trinajstić information content (AvgIpc) is 3.26. The third-order valence-electron chi connectivity index (χ3n) is 5.36. The average molecular weight is 407 g/mol. The topological polar surface area (TPSA) is 105 Å². The van der Waals surface area contributed by atoms with E-state index in [1.807, 2.05) is 0 Å². The third-order valence-corrected chi connectivity index (χ3v) is 5.36. The summed E-state index contributed by atoms with van der Waals surface area (Å²) in [5.41, 5.74) is 0.787. The summed E-state index contributed by atoms with van der Waals surface area (Å²) < 4.78 is 21.7. The van der Waals surface area contributed by atoms with E-state index in [-0.39, 0.29) is 29.8 Å². The van der Waals surface area contributed by atoms with Gasteiger partial charge in [-0.3, -0.25) is 9.89 Å². The summed E-state index contributed by atoms with van der Waals surface area (Å²) in [6.45, 7) is 0.453. The van der Waals surface area contributed by atoms with Crippen LogP contribution >= 0.6 is 0 Å². The first-order chi connectivity index (χ1) is 14.5. The first-order valence-corrected chi connectivity index (χ1v) is 9.32. The lowest BCUT2D eigenvalue weighted by Gasteiger charge is -2.36. The minimum atomic E-state index is -1.02. The van der Waals surface area contributed by atoms with Crippen LogP contribution in [0.2, 0.25) is 0 Å². The van der Waals surface area contributed by atoms with Crippen molar-refractivity contribution in [2.75, 3.05) is 18.5 Å². The van der Waals surface area contributed by atoms with E-state index >= 15 is 4.39 Å². The Kier molecular flexibility index (Phi) is 4.16. The van der Waals surface area contributed by atoms with Gasteiger partial charge in [-0.05, 0) is 30.3 Å². The number of halogens is 1. The summed E-state index contributed by atoms with van der Waals surface area (Å²) in [5, 5.41) is 20.3. The van der Waals surface area contributed by atoms with Gasteiger partial charge < -0.3 is 19.7 Å². The predicted octanol–water partition coefficient (Wildman–Crippen LogP) is 2.42. The summed E-state index contributed by atoms with van der Waals surface area (Å²) in [6.07, 6.45) is 3.15. The molecule has 152 valence electrons. The predicted molar refractivity (Wildman–Crippen MR) is 109 cm³/mol. The lowest BCUT2D eigenvalue weighted by atomic mass is 9.94. The maximum Gasteiger partial charge on any atom is 0.274 e. The molecule has 0 atom stereocenters. The molecule has 0 unspecified atom stereocenters. The normalized spacial score (nSPS) is 15.2. The molecule has 30 heavy (non-hydrogen) atoms. The Hall–Kier alpha value is -3.56. The number of aliphatic hydroxyl groups is 1. The molecule has 0 aliphatic carbocycles. The van der Waals surface area contributed by atoms with Crippen molar-refractivity contribution < 1.29 is 14.2 Å². The summed E-state index contributed by atoms with van der Waals surface area (Å²) in [6, 6.07) is 9.84. The molecule has 3 N–H and O–H groups in total. The van der Waals surface area contributed by atoms with Gasteiger partial charge in [0.05, 0.1) is 24.4 Å². The Morgan fingerprint density at radius 2 is 2.10 bits per heavy atom. The molecule has 1 aromatic carbocycles. The van der Waals surface area contributed by atoms with Crippen LogP contribution in [0.1, 0.15) is 5.56 Å². The van der Waals surface area contributed by atoms with Crippen molar-refractivity contribution in [3.05, 3.63) is 70.5 Å². The number of aromatic nitrogens is 4. The number of hydrogen-bond donors (Lipinski definition) is 3. The molecule has 1 aliphatic rings. The SMILES string of the molecule is Cn1c(=O)c(Nc2ccc(C3(O)COC3)cn2)cc2c(F)c(-c3cc[nH]n3)ccc21. The van der Waals surface area contributed by atoms with Gasteiger partial charge in [0.25, 0.3) is 5.56 Å². The van der Waals surface area contributed by atoms with Crippen LogP contribution < -0.4 is 10.9 Å². The van der Waals surface area contributed by atoms with Crippen molar-refractivity contribution in [3.63, 3.8) is 0 Å². The second kappa shape index (κ2) is 6.75. The summed E-state index contributed by atoms with van der Waals surface area (Å²) in [5.74, 6) is -0.0586. The molecule has 0 radical (unpaired) electrons. The van der Waals surface area contributed by atoms with E-state index in [1.165, 1.54) is 16.8 Å². The molecule has 1 aliphatic heterocycles. The number of benzene rings is 1. The van der Waals surface area contributed by atoms with Gasteiger partial charge in [0, 0.05) is 36.0 Å². The van der Waals surface area contributed by atoms with E-state index in [1.54, 1.807) is 43.6 Å². The first kappa shape index (κ1) is 18.5. The first-order valence-electron chi connectivity index (χ1n) is 9.32. The molecule has 0 bridgehead atoms. The van der Waals surface area contributed by atoms with Crippen molar-refractivity contribution in [2.45, 2.75) is 5.60 Å². The number of pyridine rings is 2. The van der Waals surface area contributed by atoms with Crippen LogP contribution in [0.15, 0.2) is 53.6 Å². The fourth-order valence-electron chi connectivity index (χ4n) is 3.55. The van der Waals surface area contributed by atoms with Crippen LogP contribution in [0, 0.1) is 5.82 Å². The number of anilines is 2. The highest BCUT2D eigenvalue weighted by molar-refractivity contribution is 5.88. The Labute approximate surface area is 170 Å². The van der Waals surface area contributed by atoms with Crippen LogP contribution in [0.25, 0.3) is 22.2 Å². The highest BCUT2D eigenvalue weighted by Gasteiger charge is 2.38. The number of fused-ring (bicyclic) bond motifs is 1. The van der Waals surface area contributed by atoms with Gasteiger partial charge in [0.2, 0.25) is 0 Å². The molecule has 8 nitrogen and oxygen atoms in total. The van der Waals surface area contributed by atoms with Crippen LogP contribution in [-0.2, 0) is 17.4 Å². The number of aryl methyl sites for hydroxylation is 1. The lowest BCUT2D eigenvalue weighted by Crippen LogP contribution is -2.46. The number of H-pyrrole nitrogens is 1. The molecule has 5 rings (SSSR count). The molecular formula is C21H18FN5O3. The Morgan fingerprint density at radius 1 is 1.27 bits per heavy atom. The zero-order chi connectivity index (χ0) is 20.9. The molecule has 0 amide bonds. The van der Waals surface area contributed by atoms with Gasteiger partial charge in [-0.15, -0.1) is 0 Å². The Bertz CT molecular complexity index is 1300. The van der Waals surface area contributed by atoms with Crippen molar-refractivity contribution in [1.29, 1.82) is 0 Å². The van der Waals surface area contributed by atoms with E-state index in [4.69, 9.17) is 4.74 Å². The minimum absolute atomic E-state index is 0.189. The van der Waals surface area contributed by atoms with Crippen LogP contribution in [0.3, 0.4) is 0 Å². The van der Waals surface area contributed by atoms with Gasteiger partial charge in [0.15, 0.2) is 0 Å². The second-order valence-corrected chi connectivity index (χ2v) is 7.32. The number of nitrogens with zero attached hydrogens (tertiary/aromatic N) is 3. The standard InChI is InChI=1S/C21H18FN5O3/c1-27-17-4-3-13(15-6-7-24-26-15)19(22)14(17)8-16(20(27)28)25-18-5-2-12(9-23-18)21(29)10-30-11-21/h2-9,29H,10-11H2,1H3,(H,23,25)(H,24,26). The van der Waals surface area contributed by atoms with Gasteiger partial charge in [-0.2, -0.15) is 5.10 Å². The summed E-state index contributed by atoms with van der Waals surface area (Å²) in [7, 11) is 1.59. The molecule has 4 heterocycles. The van der Waals surface area contributed by atoms with Gasteiger partial charge in [-0.25, -0.2) is 9.37 Å². The number of ether oxygens (including phenoxy) is 1. The summed E-state index contributed by atoms with van der Waals surface area (Å²) >= 11 is 0.